The molecule has 17 heavy (non-hydrogen) atoms. The van der Waals surface area contributed by atoms with Gasteiger partial charge in [-0.15, -0.1) is 0 Å². The van der Waals surface area contributed by atoms with E-state index >= 15 is 0 Å². The topological polar surface area (TPSA) is 45.2 Å². The van der Waals surface area contributed by atoms with Crippen molar-refractivity contribution in [3.8, 4) is 0 Å². The van der Waals surface area contributed by atoms with Gasteiger partial charge in [0.05, 0.1) is 6.61 Å². The van der Waals surface area contributed by atoms with Crippen molar-refractivity contribution in [1.82, 2.24) is 4.98 Å². The summed E-state index contributed by atoms with van der Waals surface area (Å²) in [6, 6.07) is 9.32. The molecule has 0 radical (unpaired) electrons. The second-order valence-electron chi connectivity index (χ2n) is 3.76. The summed E-state index contributed by atoms with van der Waals surface area (Å²) < 4.78 is 0. The number of anilines is 2. The number of aliphatic hydroxyl groups excluding tert-OH is 1. The second-order valence-corrected chi connectivity index (χ2v) is 4.17. The maximum absolute atomic E-state index is 9.19. The van der Waals surface area contributed by atoms with E-state index in [0.29, 0.717) is 10.8 Å². The Morgan fingerprint density at radius 3 is 2.88 bits per heavy atom. The number of benzene rings is 1. The zero-order valence-electron chi connectivity index (χ0n) is 9.44. The fourth-order valence-corrected chi connectivity index (χ4v) is 1.67. The molecule has 0 fully saturated rings. The number of nitrogens with zero attached hydrogens (tertiary/aromatic N) is 1. The average Bonchev–Trinajstić information content (AvgIpc) is 2.34. The van der Waals surface area contributed by atoms with E-state index in [4.69, 9.17) is 11.6 Å². The summed E-state index contributed by atoms with van der Waals surface area (Å²) in [6.45, 7) is 1.90. The summed E-state index contributed by atoms with van der Waals surface area (Å²) in [5.74, 6) is 0.648. The van der Waals surface area contributed by atoms with Gasteiger partial charge in [-0.1, -0.05) is 23.7 Å². The minimum Gasteiger partial charge on any atom is -0.392 e. The Labute approximate surface area is 105 Å². The largest absolute Gasteiger partial charge is 0.392 e. The van der Waals surface area contributed by atoms with E-state index in [0.717, 1.165) is 16.8 Å². The van der Waals surface area contributed by atoms with Crippen molar-refractivity contribution in [3.05, 3.63) is 52.7 Å². The molecule has 2 rings (SSSR count). The number of aliphatic hydroxyl groups is 1. The number of nitrogens with one attached hydrogen (secondary N) is 1. The molecule has 0 saturated carbocycles. The lowest BCUT2D eigenvalue weighted by molar-refractivity contribution is 0.282. The van der Waals surface area contributed by atoms with E-state index < -0.39 is 0 Å². The summed E-state index contributed by atoms with van der Waals surface area (Å²) in [5.41, 5.74) is 2.64. The molecule has 0 aliphatic rings. The summed E-state index contributed by atoms with van der Waals surface area (Å²) >= 11 is 6.04. The van der Waals surface area contributed by atoms with Crippen molar-refractivity contribution >= 4 is 23.1 Å². The lowest BCUT2D eigenvalue weighted by Crippen LogP contribution is -1.98. The average molecular weight is 249 g/mol. The standard InChI is InChI=1S/C13H13ClN2O/c1-9-4-5-11(7-12(9)14)16-13-10(8-17)3-2-6-15-13/h2-7,17H,8H2,1H3,(H,15,16). The Hall–Kier alpha value is -1.58. The summed E-state index contributed by atoms with van der Waals surface area (Å²) in [7, 11) is 0. The van der Waals surface area contributed by atoms with E-state index in [1.807, 2.05) is 31.2 Å². The van der Waals surface area contributed by atoms with Crippen LogP contribution in [-0.4, -0.2) is 10.1 Å². The van der Waals surface area contributed by atoms with Crippen molar-refractivity contribution in [2.45, 2.75) is 13.5 Å². The van der Waals surface area contributed by atoms with Gasteiger partial charge in [-0.2, -0.15) is 0 Å². The van der Waals surface area contributed by atoms with E-state index in [1.54, 1.807) is 12.3 Å². The molecule has 4 heteroatoms. The second kappa shape index (κ2) is 5.17. The first-order valence-corrected chi connectivity index (χ1v) is 5.66. The van der Waals surface area contributed by atoms with E-state index in [2.05, 4.69) is 10.3 Å². The Morgan fingerprint density at radius 1 is 1.35 bits per heavy atom. The van der Waals surface area contributed by atoms with E-state index in [1.165, 1.54) is 0 Å². The summed E-state index contributed by atoms with van der Waals surface area (Å²) in [6.07, 6.45) is 1.68. The van der Waals surface area contributed by atoms with Crippen LogP contribution in [0.4, 0.5) is 11.5 Å². The molecule has 0 spiro atoms. The van der Waals surface area contributed by atoms with Crippen molar-refractivity contribution in [2.24, 2.45) is 0 Å². The molecule has 0 aliphatic carbocycles. The van der Waals surface area contributed by atoms with Gasteiger partial charge in [0.1, 0.15) is 5.82 Å². The maximum Gasteiger partial charge on any atom is 0.135 e. The monoisotopic (exact) mass is 248 g/mol. The minimum absolute atomic E-state index is 0.0459. The van der Waals surface area contributed by atoms with Crippen LogP contribution >= 0.6 is 11.6 Å². The predicted octanol–water partition coefficient (Wildman–Crippen LogP) is 3.28. The number of rotatable bonds is 3. The SMILES string of the molecule is Cc1ccc(Nc2ncccc2CO)cc1Cl. The van der Waals surface area contributed by atoms with Gasteiger partial charge >= 0.3 is 0 Å². The van der Waals surface area contributed by atoms with Crippen LogP contribution in [0, 0.1) is 6.92 Å². The van der Waals surface area contributed by atoms with E-state index in [9.17, 15) is 5.11 Å². The van der Waals surface area contributed by atoms with Gasteiger partial charge in [-0.25, -0.2) is 4.98 Å². The van der Waals surface area contributed by atoms with Crippen molar-refractivity contribution in [3.63, 3.8) is 0 Å². The molecule has 0 saturated heterocycles. The van der Waals surface area contributed by atoms with Crippen molar-refractivity contribution in [1.29, 1.82) is 0 Å². The lowest BCUT2D eigenvalue weighted by atomic mass is 10.2. The number of aryl methyl sites for hydroxylation is 1. The summed E-state index contributed by atoms with van der Waals surface area (Å²) in [4.78, 5) is 4.18. The first-order valence-electron chi connectivity index (χ1n) is 5.28. The molecule has 88 valence electrons. The number of aromatic nitrogens is 1. The van der Waals surface area contributed by atoms with E-state index in [-0.39, 0.29) is 6.61 Å². The first kappa shape index (κ1) is 11.9. The van der Waals surface area contributed by atoms with Crippen LogP contribution in [0.2, 0.25) is 5.02 Å². The quantitative estimate of drug-likeness (QED) is 0.876. The molecular weight excluding hydrogens is 236 g/mol. The van der Waals surface area contributed by atoms with Crippen LogP contribution in [0.3, 0.4) is 0 Å². The third kappa shape index (κ3) is 2.75. The van der Waals surface area contributed by atoms with Crippen LogP contribution in [0.15, 0.2) is 36.5 Å². The highest BCUT2D eigenvalue weighted by atomic mass is 35.5. The molecule has 2 N–H and O–H groups in total. The smallest absolute Gasteiger partial charge is 0.135 e. The Balaban J connectivity index is 2.28. The normalized spacial score (nSPS) is 10.3. The molecule has 0 atom stereocenters. The van der Waals surface area contributed by atoms with Crippen LogP contribution in [0.1, 0.15) is 11.1 Å². The summed E-state index contributed by atoms with van der Waals surface area (Å²) in [5, 5.41) is 13.0. The fourth-order valence-electron chi connectivity index (χ4n) is 1.49. The highest BCUT2D eigenvalue weighted by molar-refractivity contribution is 6.31. The van der Waals surface area contributed by atoms with Gasteiger partial charge in [0.2, 0.25) is 0 Å². The Bertz CT molecular complexity index is 529. The van der Waals surface area contributed by atoms with Crippen LogP contribution in [-0.2, 0) is 6.61 Å². The minimum atomic E-state index is -0.0459. The molecule has 1 aromatic carbocycles. The molecule has 3 nitrogen and oxygen atoms in total. The fraction of sp³-hybridized carbons (Fsp3) is 0.154. The van der Waals surface area contributed by atoms with Gasteiger partial charge in [0.15, 0.2) is 0 Å². The van der Waals surface area contributed by atoms with Crippen LogP contribution < -0.4 is 5.32 Å². The Morgan fingerprint density at radius 2 is 2.18 bits per heavy atom. The highest BCUT2D eigenvalue weighted by Crippen LogP contribution is 2.23. The molecule has 0 amide bonds. The zero-order valence-corrected chi connectivity index (χ0v) is 10.2. The van der Waals surface area contributed by atoms with Crippen LogP contribution in [0.25, 0.3) is 0 Å². The molecule has 1 heterocycles. The molecular formula is C13H13ClN2O. The number of halogens is 1. The molecule has 0 aliphatic heterocycles. The number of hydrogen-bond donors (Lipinski definition) is 2. The molecule has 0 bridgehead atoms. The van der Waals surface area contributed by atoms with Crippen LogP contribution in [0.5, 0.6) is 0 Å². The predicted molar refractivity (Wildman–Crippen MR) is 69.6 cm³/mol. The Kier molecular flexibility index (Phi) is 3.61. The van der Waals surface area contributed by atoms with Crippen molar-refractivity contribution in [2.75, 3.05) is 5.32 Å². The van der Waals surface area contributed by atoms with Gasteiger partial charge < -0.3 is 10.4 Å². The van der Waals surface area contributed by atoms with Gasteiger partial charge in [0, 0.05) is 22.5 Å². The lowest BCUT2D eigenvalue weighted by Gasteiger charge is -2.10. The first-order chi connectivity index (χ1) is 8.20. The van der Waals surface area contributed by atoms with Gasteiger partial charge in [-0.05, 0) is 30.7 Å². The molecule has 1 aromatic heterocycles. The number of pyridine rings is 1. The van der Waals surface area contributed by atoms with Crippen molar-refractivity contribution < 1.29 is 5.11 Å². The van der Waals surface area contributed by atoms with Gasteiger partial charge in [-0.3, -0.25) is 0 Å². The van der Waals surface area contributed by atoms with Gasteiger partial charge in [0.25, 0.3) is 0 Å². The highest BCUT2D eigenvalue weighted by Gasteiger charge is 2.03. The zero-order chi connectivity index (χ0) is 12.3. The molecule has 2 aromatic rings. The third-order valence-corrected chi connectivity index (χ3v) is 2.90. The number of hydrogen-bond acceptors (Lipinski definition) is 3. The third-order valence-electron chi connectivity index (χ3n) is 2.50. The molecule has 0 unspecified atom stereocenters. The maximum atomic E-state index is 9.19.